The van der Waals surface area contributed by atoms with Crippen LogP contribution < -0.4 is 0 Å². The van der Waals surface area contributed by atoms with E-state index in [1.54, 1.807) is 18.3 Å². The molecule has 0 radical (unpaired) electrons. The molecule has 20 heavy (non-hydrogen) atoms. The molecule has 2 bridgehead atoms. The van der Waals surface area contributed by atoms with Crippen LogP contribution in [0.25, 0.3) is 0 Å². The van der Waals surface area contributed by atoms with E-state index in [0.717, 1.165) is 12.8 Å². The maximum atomic E-state index is 13.6. The highest BCUT2D eigenvalue weighted by Crippen LogP contribution is 2.35. The summed E-state index contributed by atoms with van der Waals surface area (Å²) in [5, 5.41) is 0.430. The fourth-order valence-corrected chi connectivity index (χ4v) is 3.53. The molecule has 2 atom stereocenters. The maximum Gasteiger partial charge on any atom is 0.133 e. The summed E-state index contributed by atoms with van der Waals surface area (Å²) in [6.45, 7) is 0. The van der Waals surface area contributed by atoms with E-state index in [1.165, 1.54) is 18.9 Å². The number of nitrogens with zero attached hydrogens (tertiary/aromatic N) is 2. The molecule has 0 N–H and O–H groups in total. The van der Waals surface area contributed by atoms with Gasteiger partial charge in [0, 0.05) is 23.9 Å². The van der Waals surface area contributed by atoms with Gasteiger partial charge in [0.05, 0.1) is 11.1 Å². The van der Waals surface area contributed by atoms with Crippen LogP contribution in [0.15, 0.2) is 23.2 Å². The summed E-state index contributed by atoms with van der Waals surface area (Å²) < 4.78 is 13.6. The molecule has 2 fully saturated rings. The first-order valence-corrected chi connectivity index (χ1v) is 7.22. The molecule has 0 saturated carbocycles. The zero-order chi connectivity index (χ0) is 13.4. The Hall–Kier alpha value is -0.640. The Morgan fingerprint density at radius 1 is 1.30 bits per heavy atom. The van der Waals surface area contributed by atoms with Gasteiger partial charge in [-0.3, -0.25) is 4.99 Å². The molecule has 3 rings (SSSR count). The fourth-order valence-electron chi connectivity index (χ4n) is 3.32. The van der Waals surface area contributed by atoms with E-state index in [2.05, 4.69) is 16.9 Å². The number of hydrogen-bond donors (Lipinski definition) is 0. The Kier molecular flexibility index (Phi) is 5.05. The van der Waals surface area contributed by atoms with Crippen LogP contribution in [-0.4, -0.2) is 36.3 Å². The molecule has 5 heteroatoms. The number of piperidine rings is 1. The molecule has 0 spiro atoms. The molecule has 1 aromatic carbocycles. The van der Waals surface area contributed by atoms with Gasteiger partial charge in [-0.1, -0.05) is 17.7 Å². The Morgan fingerprint density at radius 2 is 1.95 bits per heavy atom. The minimum atomic E-state index is -0.299. The number of aliphatic imine (C=N–C) groups is 1. The molecular weight excluding hydrogens is 298 g/mol. The van der Waals surface area contributed by atoms with Crippen LogP contribution in [-0.2, 0) is 0 Å². The minimum absolute atomic E-state index is 0. The summed E-state index contributed by atoms with van der Waals surface area (Å²) in [6, 6.07) is 6.35. The van der Waals surface area contributed by atoms with Gasteiger partial charge in [-0.25, -0.2) is 4.39 Å². The lowest BCUT2D eigenvalue weighted by molar-refractivity contribution is 0.164. The first-order valence-electron chi connectivity index (χ1n) is 6.84. The van der Waals surface area contributed by atoms with Crippen LogP contribution in [0.1, 0.15) is 31.2 Å². The quantitative estimate of drug-likeness (QED) is 0.754. The molecule has 2 aliphatic rings. The van der Waals surface area contributed by atoms with Gasteiger partial charge in [0.25, 0.3) is 0 Å². The summed E-state index contributed by atoms with van der Waals surface area (Å²) in [7, 11) is 2.20. The average Bonchev–Trinajstić information content (AvgIpc) is 2.62. The van der Waals surface area contributed by atoms with Crippen molar-refractivity contribution in [3.63, 3.8) is 0 Å². The van der Waals surface area contributed by atoms with Crippen molar-refractivity contribution in [3.05, 3.63) is 34.6 Å². The Labute approximate surface area is 130 Å². The van der Waals surface area contributed by atoms with Gasteiger partial charge in [0.15, 0.2) is 0 Å². The third kappa shape index (κ3) is 3.00. The van der Waals surface area contributed by atoms with Crippen molar-refractivity contribution in [2.24, 2.45) is 4.99 Å². The number of rotatable bonds is 2. The number of fused-ring (bicyclic) bond motifs is 2. The normalized spacial score (nSPS) is 29.6. The van der Waals surface area contributed by atoms with Crippen molar-refractivity contribution in [3.8, 4) is 0 Å². The van der Waals surface area contributed by atoms with Gasteiger partial charge in [-0.05, 0) is 44.9 Å². The summed E-state index contributed by atoms with van der Waals surface area (Å²) in [5.74, 6) is -0.299. The molecule has 2 heterocycles. The first kappa shape index (κ1) is 15.7. The third-order valence-corrected chi connectivity index (χ3v) is 4.82. The van der Waals surface area contributed by atoms with E-state index in [0.29, 0.717) is 28.7 Å². The van der Waals surface area contributed by atoms with E-state index in [4.69, 9.17) is 11.6 Å². The smallest absolute Gasteiger partial charge is 0.133 e. The van der Waals surface area contributed by atoms with Gasteiger partial charge in [0.1, 0.15) is 5.82 Å². The van der Waals surface area contributed by atoms with Crippen LogP contribution in [0, 0.1) is 5.82 Å². The van der Waals surface area contributed by atoms with Gasteiger partial charge < -0.3 is 4.90 Å². The molecule has 110 valence electrons. The predicted octanol–water partition coefficient (Wildman–Crippen LogP) is 3.95. The number of hydrogen-bond acceptors (Lipinski definition) is 2. The van der Waals surface area contributed by atoms with E-state index in [1.807, 2.05) is 0 Å². The van der Waals surface area contributed by atoms with Crippen molar-refractivity contribution in [2.45, 2.75) is 43.8 Å². The zero-order valence-electron chi connectivity index (χ0n) is 11.4. The standard InChI is InChI=1S/C15H18ClFN2.ClH/c1-19-11-5-6-12(19)8-10(7-11)18-9-13-14(16)3-2-4-15(13)17;/h2-4,9-12H,5-8H2,1H3;1H. The van der Waals surface area contributed by atoms with Crippen LogP contribution in [0.2, 0.25) is 5.02 Å². The molecule has 2 saturated heterocycles. The van der Waals surface area contributed by atoms with Crippen molar-refractivity contribution in [1.82, 2.24) is 4.90 Å². The lowest BCUT2D eigenvalue weighted by Gasteiger charge is -2.34. The van der Waals surface area contributed by atoms with Crippen LogP contribution in [0.4, 0.5) is 4.39 Å². The van der Waals surface area contributed by atoms with Crippen molar-refractivity contribution >= 4 is 30.2 Å². The minimum Gasteiger partial charge on any atom is -0.300 e. The molecule has 0 aromatic heterocycles. The van der Waals surface area contributed by atoms with Crippen LogP contribution in [0.3, 0.4) is 0 Å². The zero-order valence-corrected chi connectivity index (χ0v) is 13.0. The summed E-state index contributed by atoms with van der Waals surface area (Å²) in [5.41, 5.74) is 0.412. The average molecular weight is 317 g/mol. The number of halogens is 3. The molecule has 0 amide bonds. The fraction of sp³-hybridized carbons (Fsp3) is 0.533. The second-order valence-electron chi connectivity index (χ2n) is 5.59. The monoisotopic (exact) mass is 316 g/mol. The highest BCUT2D eigenvalue weighted by Gasteiger charge is 2.38. The van der Waals surface area contributed by atoms with E-state index >= 15 is 0 Å². The topological polar surface area (TPSA) is 15.6 Å². The van der Waals surface area contributed by atoms with Gasteiger partial charge >= 0.3 is 0 Å². The Bertz CT molecular complexity index is 472. The van der Waals surface area contributed by atoms with Gasteiger partial charge in [-0.2, -0.15) is 0 Å². The predicted molar refractivity (Wildman–Crippen MR) is 83.8 cm³/mol. The van der Waals surface area contributed by atoms with Crippen molar-refractivity contribution < 1.29 is 4.39 Å². The van der Waals surface area contributed by atoms with Crippen molar-refractivity contribution in [1.29, 1.82) is 0 Å². The van der Waals surface area contributed by atoms with Gasteiger partial charge in [0.2, 0.25) is 0 Å². The SMILES string of the molecule is CN1C2CCC1CC(N=Cc1c(F)cccc1Cl)C2.Cl. The lowest BCUT2D eigenvalue weighted by atomic mass is 9.98. The second-order valence-corrected chi connectivity index (χ2v) is 6.00. The highest BCUT2D eigenvalue weighted by atomic mass is 35.5. The number of benzene rings is 1. The van der Waals surface area contributed by atoms with Crippen LogP contribution >= 0.6 is 24.0 Å². The Morgan fingerprint density at radius 3 is 2.55 bits per heavy atom. The third-order valence-electron chi connectivity index (χ3n) is 4.49. The van der Waals surface area contributed by atoms with Crippen molar-refractivity contribution in [2.75, 3.05) is 7.05 Å². The highest BCUT2D eigenvalue weighted by molar-refractivity contribution is 6.33. The molecule has 2 aliphatic heterocycles. The lowest BCUT2D eigenvalue weighted by Crippen LogP contribution is -2.41. The second kappa shape index (κ2) is 6.42. The molecule has 2 nitrogen and oxygen atoms in total. The summed E-state index contributed by atoms with van der Waals surface area (Å²) in [6.07, 6.45) is 6.32. The summed E-state index contributed by atoms with van der Waals surface area (Å²) in [4.78, 5) is 7.05. The molecular formula is C15H19Cl2FN2. The van der Waals surface area contributed by atoms with E-state index in [-0.39, 0.29) is 18.2 Å². The Balaban J connectivity index is 0.00000147. The molecule has 0 aliphatic carbocycles. The molecule has 1 aromatic rings. The largest absolute Gasteiger partial charge is 0.300 e. The van der Waals surface area contributed by atoms with E-state index < -0.39 is 0 Å². The van der Waals surface area contributed by atoms with Crippen LogP contribution in [0.5, 0.6) is 0 Å². The maximum absolute atomic E-state index is 13.6. The summed E-state index contributed by atoms with van der Waals surface area (Å²) >= 11 is 6.00. The first-order chi connectivity index (χ1) is 9.15. The van der Waals surface area contributed by atoms with E-state index in [9.17, 15) is 4.39 Å². The molecule has 2 unspecified atom stereocenters. The van der Waals surface area contributed by atoms with Gasteiger partial charge in [-0.15, -0.1) is 12.4 Å².